The van der Waals surface area contributed by atoms with Crippen LogP contribution in [-0.2, 0) is 4.79 Å². The van der Waals surface area contributed by atoms with Crippen molar-refractivity contribution in [3.8, 4) is 5.75 Å². The normalized spacial score (nSPS) is 18.6. The zero-order chi connectivity index (χ0) is 17.1. The van der Waals surface area contributed by atoms with Gasteiger partial charge in [0.15, 0.2) is 11.0 Å². The summed E-state index contributed by atoms with van der Waals surface area (Å²) in [6.45, 7) is 0. The number of hydrogen-bond donors (Lipinski definition) is 2. The molecular formula is C17H13ClN2O3S. The molecule has 0 aliphatic carbocycles. The molecule has 0 unspecified atom stereocenters. The van der Waals surface area contributed by atoms with Crippen LogP contribution in [0.2, 0.25) is 5.02 Å². The summed E-state index contributed by atoms with van der Waals surface area (Å²) >= 11 is 7.03. The van der Waals surface area contributed by atoms with Gasteiger partial charge in [0.05, 0.1) is 10.9 Å². The number of carbonyl (C=O) groups is 2. The van der Waals surface area contributed by atoms with Gasteiger partial charge in [-0.3, -0.25) is 9.59 Å². The van der Waals surface area contributed by atoms with E-state index >= 15 is 0 Å². The number of hydrogen-bond acceptors (Lipinski definition) is 5. The van der Waals surface area contributed by atoms with Gasteiger partial charge >= 0.3 is 0 Å². The Morgan fingerprint density at radius 1 is 1.17 bits per heavy atom. The summed E-state index contributed by atoms with van der Waals surface area (Å²) in [6.07, 6.45) is 0.0900. The molecule has 7 heteroatoms. The van der Waals surface area contributed by atoms with Gasteiger partial charge in [0.25, 0.3) is 0 Å². The lowest BCUT2D eigenvalue weighted by Crippen LogP contribution is -2.26. The molecule has 5 nitrogen and oxygen atoms in total. The smallest absolute Gasteiger partial charge is 0.240 e. The number of amidine groups is 1. The Kier molecular flexibility index (Phi) is 4.87. The molecule has 24 heavy (non-hydrogen) atoms. The van der Waals surface area contributed by atoms with Gasteiger partial charge < -0.3 is 10.4 Å². The molecule has 0 radical (unpaired) electrons. The molecule has 2 N–H and O–H groups in total. The Balaban J connectivity index is 1.67. The summed E-state index contributed by atoms with van der Waals surface area (Å²) in [5.74, 6) is -0.210. The van der Waals surface area contributed by atoms with Gasteiger partial charge in [0.1, 0.15) is 5.75 Å². The zero-order valence-electron chi connectivity index (χ0n) is 12.4. The third kappa shape index (κ3) is 3.96. The second-order valence-corrected chi connectivity index (χ2v) is 6.79. The number of phenols is 1. The molecule has 2 aromatic rings. The molecule has 3 rings (SSSR count). The van der Waals surface area contributed by atoms with Gasteiger partial charge in [-0.1, -0.05) is 23.4 Å². The minimum Gasteiger partial charge on any atom is -0.508 e. The van der Waals surface area contributed by atoms with Crippen LogP contribution in [-0.4, -0.2) is 27.2 Å². The van der Waals surface area contributed by atoms with E-state index in [9.17, 15) is 14.7 Å². The predicted octanol–water partition coefficient (Wildman–Crippen LogP) is 3.54. The van der Waals surface area contributed by atoms with Crippen LogP contribution in [0.1, 0.15) is 16.8 Å². The van der Waals surface area contributed by atoms with Crippen molar-refractivity contribution in [2.24, 2.45) is 4.99 Å². The molecule has 1 saturated heterocycles. The minimum atomic E-state index is -0.510. The Bertz CT molecular complexity index is 804. The van der Waals surface area contributed by atoms with Crippen molar-refractivity contribution in [1.29, 1.82) is 0 Å². The lowest BCUT2D eigenvalue weighted by molar-refractivity contribution is -0.118. The topological polar surface area (TPSA) is 78.8 Å². The van der Waals surface area contributed by atoms with E-state index in [4.69, 9.17) is 11.6 Å². The highest BCUT2D eigenvalue weighted by molar-refractivity contribution is 8.15. The first kappa shape index (κ1) is 16.5. The van der Waals surface area contributed by atoms with Crippen LogP contribution in [0.15, 0.2) is 53.5 Å². The fraction of sp³-hybridized carbons (Fsp3) is 0.118. The van der Waals surface area contributed by atoms with Crippen molar-refractivity contribution in [3.05, 3.63) is 59.1 Å². The maximum Gasteiger partial charge on any atom is 0.240 e. The summed E-state index contributed by atoms with van der Waals surface area (Å²) in [5, 5.41) is 12.4. The van der Waals surface area contributed by atoms with E-state index in [1.807, 2.05) is 0 Å². The SMILES string of the molecule is O=C(C[C@H]1SC(=Nc2ccc(O)cc2)NC1=O)c1ccc(Cl)cc1. The largest absolute Gasteiger partial charge is 0.508 e. The van der Waals surface area contributed by atoms with E-state index in [2.05, 4.69) is 10.3 Å². The number of benzene rings is 2. The highest BCUT2D eigenvalue weighted by Gasteiger charge is 2.32. The standard InChI is InChI=1S/C17H13ClN2O3S/c18-11-3-1-10(2-4-11)14(22)9-15-16(23)20-17(24-15)19-12-5-7-13(21)8-6-12/h1-8,15,21H,9H2,(H,19,20,23)/t15-/m1/s1. The molecule has 1 atom stereocenters. The first-order valence-corrected chi connectivity index (χ1v) is 8.41. The summed E-state index contributed by atoms with van der Waals surface area (Å²) in [4.78, 5) is 28.6. The minimum absolute atomic E-state index is 0.0900. The van der Waals surface area contributed by atoms with Gasteiger partial charge in [0, 0.05) is 17.0 Å². The number of nitrogens with one attached hydrogen (secondary N) is 1. The van der Waals surface area contributed by atoms with Crippen LogP contribution in [0.25, 0.3) is 0 Å². The molecule has 0 spiro atoms. The van der Waals surface area contributed by atoms with Crippen LogP contribution < -0.4 is 5.32 Å². The van der Waals surface area contributed by atoms with Crippen molar-refractivity contribution < 1.29 is 14.7 Å². The number of nitrogens with zero attached hydrogens (tertiary/aromatic N) is 1. The number of aromatic hydroxyl groups is 1. The van der Waals surface area contributed by atoms with Gasteiger partial charge in [-0.2, -0.15) is 0 Å². The monoisotopic (exact) mass is 360 g/mol. The first-order chi connectivity index (χ1) is 11.5. The highest BCUT2D eigenvalue weighted by atomic mass is 35.5. The first-order valence-electron chi connectivity index (χ1n) is 7.15. The van der Waals surface area contributed by atoms with E-state index < -0.39 is 5.25 Å². The van der Waals surface area contributed by atoms with Crippen molar-refractivity contribution in [1.82, 2.24) is 5.32 Å². The van der Waals surface area contributed by atoms with Crippen molar-refractivity contribution in [2.75, 3.05) is 0 Å². The van der Waals surface area contributed by atoms with Crippen LogP contribution in [0.3, 0.4) is 0 Å². The summed E-state index contributed by atoms with van der Waals surface area (Å²) in [6, 6.07) is 12.9. The maximum absolute atomic E-state index is 12.3. The number of phenolic OH excluding ortho intramolecular Hbond substituents is 1. The van der Waals surface area contributed by atoms with Gasteiger partial charge in [0.2, 0.25) is 5.91 Å². The number of ketones is 1. The molecule has 2 aromatic carbocycles. The Hall–Kier alpha value is -2.31. The number of Topliss-reactive ketones (excluding diaryl/α,β-unsaturated/α-hetero) is 1. The van der Waals surface area contributed by atoms with Crippen LogP contribution in [0.4, 0.5) is 5.69 Å². The van der Waals surface area contributed by atoms with Crippen LogP contribution >= 0.6 is 23.4 Å². The molecule has 122 valence electrons. The summed E-state index contributed by atoms with van der Waals surface area (Å²) in [5.41, 5.74) is 1.14. The number of amides is 1. The number of halogens is 1. The second kappa shape index (κ2) is 7.07. The molecule has 0 aromatic heterocycles. The molecular weight excluding hydrogens is 348 g/mol. The van der Waals surface area contributed by atoms with E-state index in [-0.39, 0.29) is 23.9 Å². The fourth-order valence-electron chi connectivity index (χ4n) is 2.16. The Labute approximate surface area is 147 Å². The lowest BCUT2D eigenvalue weighted by Gasteiger charge is -2.04. The van der Waals surface area contributed by atoms with E-state index in [1.54, 1.807) is 36.4 Å². The van der Waals surface area contributed by atoms with Gasteiger partial charge in [-0.25, -0.2) is 4.99 Å². The fourth-order valence-corrected chi connectivity index (χ4v) is 3.27. The molecule has 1 fully saturated rings. The number of rotatable bonds is 4. The molecule has 0 bridgehead atoms. The quantitative estimate of drug-likeness (QED) is 0.817. The van der Waals surface area contributed by atoms with Crippen LogP contribution in [0, 0.1) is 0 Å². The third-order valence-electron chi connectivity index (χ3n) is 3.39. The van der Waals surface area contributed by atoms with Crippen LogP contribution in [0.5, 0.6) is 5.75 Å². The van der Waals surface area contributed by atoms with Crippen molar-refractivity contribution >= 4 is 45.9 Å². The van der Waals surface area contributed by atoms with E-state index in [1.165, 1.54) is 23.9 Å². The molecule has 1 aliphatic rings. The maximum atomic E-state index is 12.3. The average molecular weight is 361 g/mol. The molecule has 1 aliphatic heterocycles. The second-order valence-electron chi connectivity index (χ2n) is 5.16. The molecule has 1 amide bonds. The predicted molar refractivity (Wildman–Crippen MR) is 95.1 cm³/mol. The van der Waals surface area contributed by atoms with Gasteiger partial charge in [-0.05, 0) is 48.5 Å². The Morgan fingerprint density at radius 2 is 1.83 bits per heavy atom. The summed E-state index contributed by atoms with van der Waals surface area (Å²) in [7, 11) is 0. The highest BCUT2D eigenvalue weighted by Crippen LogP contribution is 2.27. The lowest BCUT2D eigenvalue weighted by atomic mass is 10.1. The average Bonchev–Trinajstić information content (AvgIpc) is 2.89. The van der Waals surface area contributed by atoms with E-state index in [0.29, 0.717) is 21.4 Å². The molecule has 0 saturated carbocycles. The number of thioether (sulfide) groups is 1. The third-order valence-corrected chi connectivity index (χ3v) is 4.73. The number of aliphatic imine (C=N–C) groups is 1. The van der Waals surface area contributed by atoms with E-state index in [0.717, 1.165) is 0 Å². The zero-order valence-corrected chi connectivity index (χ0v) is 14.0. The number of carbonyl (C=O) groups excluding carboxylic acids is 2. The molecule has 1 heterocycles. The van der Waals surface area contributed by atoms with Gasteiger partial charge in [-0.15, -0.1) is 0 Å². The van der Waals surface area contributed by atoms with Crippen molar-refractivity contribution in [2.45, 2.75) is 11.7 Å². The summed E-state index contributed by atoms with van der Waals surface area (Å²) < 4.78 is 0. The van der Waals surface area contributed by atoms with Crippen molar-refractivity contribution in [3.63, 3.8) is 0 Å². The Morgan fingerprint density at radius 3 is 2.50 bits per heavy atom.